The van der Waals surface area contributed by atoms with Gasteiger partial charge in [-0.3, -0.25) is 14.5 Å². The number of amides is 1. The minimum Gasteiger partial charge on any atom is -0.442 e. The van der Waals surface area contributed by atoms with E-state index >= 15 is 0 Å². The van der Waals surface area contributed by atoms with Crippen LogP contribution in [0.5, 0.6) is 0 Å². The molecule has 0 rings (SSSR count). The number of carbonyl (C=O) groups excluding carboxylic acids is 2. The summed E-state index contributed by atoms with van der Waals surface area (Å²) in [5.41, 5.74) is 0. The zero-order valence-corrected chi connectivity index (χ0v) is 9.43. The molecular weight excluding hydrogens is 251 g/mol. The number of hydrogen-bond acceptors (Lipinski definition) is 3. The summed E-state index contributed by atoms with van der Waals surface area (Å²) in [6, 6.07) is 0. The van der Waals surface area contributed by atoms with Crippen molar-refractivity contribution < 1.29 is 27.5 Å². The molecule has 0 radical (unpaired) electrons. The lowest BCUT2D eigenvalue weighted by Crippen LogP contribution is -2.46. The third kappa shape index (κ3) is 5.79. The van der Waals surface area contributed by atoms with Crippen molar-refractivity contribution >= 4 is 23.5 Å². The third-order valence-electron chi connectivity index (χ3n) is 1.56. The summed E-state index contributed by atoms with van der Waals surface area (Å²) in [6.45, 7) is 0.692. The number of halogens is 4. The van der Waals surface area contributed by atoms with Crippen molar-refractivity contribution in [1.29, 1.82) is 0 Å². The summed E-state index contributed by atoms with van der Waals surface area (Å²) < 4.78 is 40.9. The molecule has 1 amide bonds. The predicted molar refractivity (Wildman–Crippen MR) is 49.7 cm³/mol. The van der Waals surface area contributed by atoms with Crippen molar-refractivity contribution in [2.45, 2.75) is 26.3 Å². The summed E-state index contributed by atoms with van der Waals surface area (Å²) >= 11 is 5.16. The highest BCUT2D eigenvalue weighted by molar-refractivity contribution is 6.27. The Morgan fingerprint density at radius 1 is 1.44 bits per heavy atom. The summed E-state index contributed by atoms with van der Waals surface area (Å²) in [4.78, 5) is 22.0. The van der Waals surface area contributed by atoms with E-state index in [0.717, 1.165) is 13.8 Å². The van der Waals surface area contributed by atoms with Crippen LogP contribution in [0.3, 0.4) is 0 Å². The first kappa shape index (κ1) is 15.0. The molecule has 1 unspecified atom stereocenters. The smallest absolute Gasteiger partial charge is 0.406 e. The van der Waals surface area contributed by atoms with Crippen molar-refractivity contribution in [3.63, 3.8) is 0 Å². The molecule has 0 fully saturated rings. The van der Waals surface area contributed by atoms with Gasteiger partial charge in [0.15, 0.2) is 6.23 Å². The summed E-state index contributed by atoms with van der Waals surface area (Å²) in [6.07, 6.45) is -5.87. The van der Waals surface area contributed by atoms with Gasteiger partial charge in [0.25, 0.3) is 0 Å². The van der Waals surface area contributed by atoms with Crippen LogP contribution in [0, 0.1) is 0 Å². The predicted octanol–water partition coefficient (Wildman–Crippen LogP) is 1.53. The maximum absolute atomic E-state index is 12.1. The molecule has 0 aromatic carbocycles. The quantitative estimate of drug-likeness (QED) is 0.438. The molecule has 0 saturated carbocycles. The van der Waals surface area contributed by atoms with Crippen LogP contribution >= 0.6 is 11.6 Å². The maximum atomic E-state index is 12.1. The number of ether oxygens (including phenoxy) is 1. The average molecular weight is 262 g/mol. The number of carbonyl (C=O) groups is 2. The summed E-state index contributed by atoms with van der Waals surface area (Å²) in [5, 5.41) is 0. The van der Waals surface area contributed by atoms with Crippen LogP contribution < -0.4 is 0 Å². The van der Waals surface area contributed by atoms with E-state index in [4.69, 9.17) is 11.6 Å². The van der Waals surface area contributed by atoms with E-state index in [1.165, 1.54) is 0 Å². The van der Waals surface area contributed by atoms with Crippen LogP contribution in [0.25, 0.3) is 0 Å². The number of alkyl halides is 4. The van der Waals surface area contributed by atoms with Gasteiger partial charge in [0.05, 0.1) is 0 Å². The molecule has 0 aromatic rings. The van der Waals surface area contributed by atoms with Gasteiger partial charge < -0.3 is 4.74 Å². The second-order valence-electron chi connectivity index (χ2n) is 2.98. The Balaban J connectivity index is 4.66. The van der Waals surface area contributed by atoms with Gasteiger partial charge >= 0.3 is 12.1 Å². The van der Waals surface area contributed by atoms with E-state index in [0.29, 0.717) is 4.90 Å². The first-order valence-corrected chi connectivity index (χ1v) is 4.80. The van der Waals surface area contributed by atoms with Gasteiger partial charge in [0.1, 0.15) is 12.4 Å². The fourth-order valence-corrected chi connectivity index (χ4v) is 1.15. The van der Waals surface area contributed by atoms with Crippen LogP contribution in [0.1, 0.15) is 13.8 Å². The molecule has 4 nitrogen and oxygen atoms in total. The van der Waals surface area contributed by atoms with Crippen molar-refractivity contribution in [1.82, 2.24) is 4.90 Å². The summed E-state index contributed by atoms with van der Waals surface area (Å²) in [7, 11) is 0. The molecular formula is C8H11ClF3NO3. The molecule has 16 heavy (non-hydrogen) atoms. The maximum Gasteiger partial charge on any atom is 0.406 e. The van der Waals surface area contributed by atoms with Gasteiger partial charge in [0.2, 0.25) is 5.91 Å². The van der Waals surface area contributed by atoms with Crippen molar-refractivity contribution in [2.24, 2.45) is 0 Å². The average Bonchev–Trinajstić information content (AvgIpc) is 2.10. The van der Waals surface area contributed by atoms with Crippen molar-refractivity contribution in [2.75, 3.05) is 12.4 Å². The van der Waals surface area contributed by atoms with Crippen LogP contribution in [-0.2, 0) is 14.3 Å². The molecule has 0 aliphatic heterocycles. The van der Waals surface area contributed by atoms with Crippen LogP contribution in [-0.4, -0.2) is 41.6 Å². The third-order valence-corrected chi connectivity index (χ3v) is 1.79. The van der Waals surface area contributed by atoms with Gasteiger partial charge in [-0.25, -0.2) is 0 Å². The summed E-state index contributed by atoms with van der Waals surface area (Å²) in [5.74, 6) is -2.34. The highest BCUT2D eigenvalue weighted by Crippen LogP contribution is 2.18. The fourth-order valence-electron chi connectivity index (χ4n) is 0.993. The van der Waals surface area contributed by atoms with Gasteiger partial charge in [-0.15, -0.1) is 11.6 Å². The number of hydrogen-bond donors (Lipinski definition) is 0. The number of rotatable bonds is 4. The van der Waals surface area contributed by atoms with Crippen molar-refractivity contribution in [3.8, 4) is 0 Å². The van der Waals surface area contributed by atoms with Gasteiger partial charge in [-0.1, -0.05) is 0 Å². The van der Waals surface area contributed by atoms with E-state index < -0.39 is 36.7 Å². The fraction of sp³-hybridized carbons (Fsp3) is 0.750. The minimum atomic E-state index is -4.57. The molecule has 0 aromatic heterocycles. The Labute approximate surface area is 95.3 Å². The Morgan fingerprint density at radius 2 is 1.94 bits per heavy atom. The molecule has 0 spiro atoms. The van der Waals surface area contributed by atoms with E-state index in [2.05, 4.69) is 4.74 Å². The highest BCUT2D eigenvalue weighted by Gasteiger charge is 2.35. The first-order valence-electron chi connectivity index (χ1n) is 4.26. The SMILES string of the molecule is CC(=O)OC(C)N(CC(F)(F)F)C(=O)CCl. The van der Waals surface area contributed by atoms with Gasteiger partial charge in [0, 0.05) is 6.92 Å². The second kappa shape index (κ2) is 5.93. The van der Waals surface area contributed by atoms with E-state index in [1.54, 1.807) is 0 Å². The zero-order chi connectivity index (χ0) is 12.9. The van der Waals surface area contributed by atoms with Crippen LogP contribution in [0.2, 0.25) is 0 Å². The van der Waals surface area contributed by atoms with Gasteiger partial charge in [-0.2, -0.15) is 13.2 Å². The molecule has 0 bridgehead atoms. The van der Waals surface area contributed by atoms with E-state index in [9.17, 15) is 22.8 Å². The number of esters is 1. The van der Waals surface area contributed by atoms with Crippen molar-refractivity contribution in [3.05, 3.63) is 0 Å². The van der Waals surface area contributed by atoms with E-state index in [1.807, 2.05) is 0 Å². The lowest BCUT2D eigenvalue weighted by atomic mass is 10.4. The highest BCUT2D eigenvalue weighted by atomic mass is 35.5. The Hall–Kier alpha value is -0.980. The largest absolute Gasteiger partial charge is 0.442 e. The molecule has 0 saturated heterocycles. The Bertz CT molecular complexity index is 270. The monoisotopic (exact) mass is 261 g/mol. The van der Waals surface area contributed by atoms with Gasteiger partial charge in [-0.05, 0) is 6.92 Å². The Kier molecular flexibility index (Phi) is 5.57. The molecule has 0 N–H and O–H groups in total. The molecule has 94 valence electrons. The van der Waals surface area contributed by atoms with Crippen LogP contribution in [0.4, 0.5) is 13.2 Å². The van der Waals surface area contributed by atoms with E-state index in [-0.39, 0.29) is 0 Å². The standard InChI is InChI=1S/C8H11ClF3NO3/c1-5(16-6(2)14)13(7(15)3-9)4-8(10,11)12/h5H,3-4H2,1-2H3. The normalized spacial score (nSPS) is 13.1. The lowest BCUT2D eigenvalue weighted by Gasteiger charge is -2.28. The topological polar surface area (TPSA) is 46.6 Å². The molecule has 8 heteroatoms. The minimum absolute atomic E-state index is 0.356. The zero-order valence-electron chi connectivity index (χ0n) is 8.68. The van der Waals surface area contributed by atoms with Crippen LogP contribution in [0.15, 0.2) is 0 Å². The molecule has 1 atom stereocenters. The Morgan fingerprint density at radius 3 is 2.25 bits per heavy atom. The lowest BCUT2D eigenvalue weighted by molar-refractivity contribution is -0.185. The second-order valence-corrected chi connectivity index (χ2v) is 3.25. The molecule has 0 aliphatic rings. The first-order chi connectivity index (χ1) is 7.17. The molecule has 0 heterocycles. The molecule has 0 aliphatic carbocycles. The number of nitrogens with zero attached hydrogens (tertiary/aromatic N) is 1.